The quantitative estimate of drug-likeness (QED) is 0.748. The maximum atomic E-state index is 11.7. The van der Waals surface area contributed by atoms with Gasteiger partial charge in [-0.25, -0.2) is 4.79 Å². The molecule has 0 atom stereocenters. The van der Waals surface area contributed by atoms with Crippen molar-refractivity contribution >= 4 is 11.7 Å². The van der Waals surface area contributed by atoms with Gasteiger partial charge in [0.1, 0.15) is 5.75 Å². The molecule has 20 heavy (non-hydrogen) atoms. The second kappa shape index (κ2) is 6.61. The fourth-order valence-electron chi connectivity index (χ4n) is 1.91. The van der Waals surface area contributed by atoms with Gasteiger partial charge in [-0.2, -0.15) is 0 Å². The molecule has 0 saturated heterocycles. The third-order valence-electron chi connectivity index (χ3n) is 2.91. The van der Waals surface area contributed by atoms with Crippen molar-refractivity contribution < 1.29 is 9.90 Å². The van der Waals surface area contributed by atoms with Crippen molar-refractivity contribution in [1.82, 2.24) is 5.32 Å². The third-order valence-corrected chi connectivity index (χ3v) is 2.91. The van der Waals surface area contributed by atoms with Crippen LogP contribution >= 0.6 is 0 Å². The highest BCUT2D eigenvalue weighted by Crippen LogP contribution is 2.13. The Morgan fingerprint density at radius 3 is 2.60 bits per heavy atom. The summed E-state index contributed by atoms with van der Waals surface area (Å²) in [5, 5.41) is 14.7. The normalized spacial score (nSPS) is 10.1. The van der Waals surface area contributed by atoms with Crippen LogP contribution < -0.4 is 10.6 Å². The molecule has 0 fully saturated rings. The van der Waals surface area contributed by atoms with Gasteiger partial charge in [0.2, 0.25) is 0 Å². The first-order chi connectivity index (χ1) is 9.63. The van der Waals surface area contributed by atoms with Gasteiger partial charge >= 0.3 is 6.03 Å². The molecule has 0 aromatic heterocycles. The third kappa shape index (κ3) is 4.31. The number of amides is 2. The average molecular weight is 270 g/mol. The number of nitrogens with one attached hydrogen (secondary N) is 2. The van der Waals surface area contributed by atoms with Crippen LogP contribution in [0.3, 0.4) is 0 Å². The molecule has 0 aliphatic rings. The standard InChI is InChI=1S/C16H18N2O2/c1-12-3-2-4-13(11-12)9-10-17-16(20)18-14-5-7-15(19)8-6-14/h2-8,11,19H,9-10H2,1H3,(H2,17,18,20). The summed E-state index contributed by atoms with van der Waals surface area (Å²) in [6, 6.07) is 14.3. The molecule has 2 aromatic carbocycles. The Kier molecular flexibility index (Phi) is 4.60. The van der Waals surface area contributed by atoms with Crippen LogP contribution in [0.5, 0.6) is 5.75 Å². The van der Waals surface area contributed by atoms with Crippen LogP contribution in [0.25, 0.3) is 0 Å². The molecule has 2 rings (SSSR count). The second-order valence-corrected chi connectivity index (χ2v) is 4.67. The zero-order chi connectivity index (χ0) is 14.4. The first-order valence-corrected chi connectivity index (χ1v) is 6.53. The van der Waals surface area contributed by atoms with E-state index in [2.05, 4.69) is 29.7 Å². The van der Waals surface area contributed by atoms with Crippen LogP contribution in [0.2, 0.25) is 0 Å². The smallest absolute Gasteiger partial charge is 0.319 e. The van der Waals surface area contributed by atoms with Crippen LogP contribution in [0.15, 0.2) is 48.5 Å². The minimum absolute atomic E-state index is 0.176. The highest BCUT2D eigenvalue weighted by Gasteiger charge is 2.01. The van der Waals surface area contributed by atoms with E-state index in [4.69, 9.17) is 5.11 Å². The highest BCUT2D eigenvalue weighted by atomic mass is 16.3. The summed E-state index contributed by atoms with van der Waals surface area (Å²) in [7, 11) is 0. The Balaban J connectivity index is 1.76. The van der Waals surface area contributed by atoms with Crippen LogP contribution in [-0.4, -0.2) is 17.7 Å². The summed E-state index contributed by atoms with van der Waals surface area (Å²) in [6.45, 7) is 2.63. The maximum absolute atomic E-state index is 11.7. The van der Waals surface area contributed by atoms with Gasteiger partial charge < -0.3 is 15.7 Å². The van der Waals surface area contributed by atoms with E-state index in [0.29, 0.717) is 12.2 Å². The predicted octanol–water partition coefficient (Wildman–Crippen LogP) is 3.06. The molecule has 4 heteroatoms. The van der Waals surface area contributed by atoms with Crippen LogP contribution in [-0.2, 0) is 6.42 Å². The fourth-order valence-corrected chi connectivity index (χ4v) is 1.91. The van der Waals surface area contributed by atoms with Crippen molar-refractivity contribution in [2.45, 2.75) is 13.3 Å². The van der Waals surface area contributed by atoms with E-state index in [-0.39, 0.29) is 11.8 Å². The molecule has 3 N–H and O–H groups in total. The number of hydrogen-bond donors (Lipinski definition) is 3. The number of benzene rings is 2. The summed E-state index contributed by atoms with van der Waals surface area (Å²) in [4.78, 5) is 11.7. The van der Waals surface area contributed by atoms with Gasteiger partial charge in [0, 0.05) is 12.2 Å². The lowest BCUT2D eigenvalue weighted by molar-refractivity contribution is 0.252. The topological polar surface area (TPSA) is 61.4 Å². The molecule has 104 valence electrons. The number of carbonyl (C=O) groups is 1. The van der Waals surface area contributed by atoms with Crippen LogP contribution in [0.4, 0.5) is 10.5 Å². The van der Waals surface area contributed by atoms with Gasteiger partial charge in [-0.15, -0.1) is 0 Å². The average Bonchev–Trinajstić information content (AvgIpc) is 2.41. The zero-order valence-corrected chi connectivity index (χ0v) is 11.4. The SMILES string of the molecule is Cc1cccc(CCNC(=O)Nc2ccc(O)cc2)c1. The van der Waals surface area contributed by atoms with Crippen molar-refractivity contribution in [3.8, 4) is 5.75 Å². The molecule has 0 heterocycles. The van der Waals surface area contributed by atoms with E-state index < -0.39 is 0 Å². The zero-order valence-electron chi connectivity index (χ0n) is 11.4. The summed E-state index contributed by atoms with van der Waals surface area (Å²) in [5.74, 6) is 0.176. The van der Waals surface area contributed by atoms with Gasteiger partial charge in [-0.3, -0.25) is 0 Å². The van der Waals surface area contributed by atoms with Gasteiger partial charge in [0.25, 0.3) is 0 Å². The van der Waals surface area contributed by atoms with E-state index in [1.807, 2.05) is 12.1 Å². The molecule has 4 nitrogen and oxygen atoms in total. The Bertz CT molecular complexity index is 579. The number of phenolic OH excluding ortho intramolecular Hbond substituents is 1. The lowest BCUT2D eigenvalue weighted by atomic mass is 10.1. The summed E-state index contributed by atoms with van der Waals surface area (Å²) >= 11 is 0. The number of phenols is 1. The van der Waals surface area contributed by atoms with Crippen LogP contribution in [0, 0.1) is 6.92 Å². The Labute approximate surface area is 118 Å². The molecular weight excluding hydrogens is 252 g/mol. The van der Waals surface area contributed by atoms with Crippen molar-refractivity contribution in [2.75, 3.05) is 11.9 Å². The fraction of sp³-hybridized carbons (Fsp3) is 0.188. The summed E-state index contributed by atoms with van der Waals surface area (Å²) in [5.41, 5.74) is 3.07. The summed E-state index contributed by atoms with van der Waals surface area (Å²) in [6.07, 6.45) is 0.796. The lowest BCUT2D eigenvalue weighted by Crippen LogP contribution is -2.30. The van der Waals surface area contributed by atoms with Gasteiger partial charge in [-0.1, -0.05) is 29.8 Å². The van der Waals surface area contributed by atoms with Gasteiger partial charge in [0.15, 0.2) is 0 Å². The lowest BCUT2D eigenvalue weighted by Gasteiger charge is -2.08. The second-order valence-electron chi connectivity index (χ2n) is 4.67. The Morgan fingerprint density at radius 1 is 1.15 bits per heavy atom. The van der Waals surface area contributed by atoms with Gasteiger partial charge in [-0.05, 0) is 43.2 Å². The molecule has 0 radical (unpaired) electrons. The number of anilines is 1. The molecule has 0 spiro atoms. The Morgan fingerprint density at radius 2 is 1.90 bits per heavy atom. The van der Waals surface area contributed by atoms with E-state index in [1.54, 1.807) is 12.1 Å². The van der Waals surface area contributed by atoms with E-state index in [1.165, 1.54) is 23.3 Å². The Hall–Kier alpha value is -2.49. The highest BCUT2D eigenvalue weighted by molar-refractivity contribution is 5.89. The number of rotatable bonds is 4. The first-order valence-electron chi connectivity index (χ1n) is 6.53. The molecule has 0 unspecified atom stereocenters. The first kappa shape index (κ1) is 13.9. The molecule has 0 aliphatic heterocycles. The van der Waals surface area contributed by atoms with E-state index in [0.717, 1.165) is 6.42 Å². The number of aromatic hydroxyl groups is 1. The van der Waals surface area contributed by atoms with Crippen LogP contribution in [0.1, 0.15) is 11.1 Å². The number of carbonyl (C=O) groups excluding carboxylic acids is 1. The molecule has 0 saturated carbocycles. The molecular formula is C16H18N2O2. The van der Waals surface area contributed by atoms with Crippen molar-refractivity contribution in [3.63, 3.8) is 0 Å². The molecule has 2 aromatic rings. The van der Waals surface area contributed by atoms with Crippen molar-refractivity contribution in [2.24, 2.45) is 0 Å². The molecule has 0 aliphatic carbocycles. The number of urea groups is 1. The monoisotopic (exact) mass is 270 g/mol. The molecule has 0 bridgehead atoms. The summed E-state index contributed by atoms with van der Waals surface area (Å²) < 4.78 is 0. The maximum Gasteiger partial charge on any atom is 0.319 e. The largest absolute Gasteiger partial charge is 0.508 e. The minimum Gasteiger partial charge on any atom is -0.508 e. The predicted molar refractivity (Wildman–Crippen MR) is 80.0 cm³/mol. The van der Waals surface area contributed by atoms with E-state index >= 15 is 0 Å². The van der Waals surface area contributed by atoms with Crippen molar-refractivity contribution in [3.05, 3.63) is 59.7 Å². The van der Waals surface area contributed by atoms with Gasteiger partial charge in [0.05, 0.1) is 0 Å². The minimum atomic E-state index is -0.247. The molecule has 2 amide bonds. The van der Waals surface area contributed by atoms with E-state index in [9.17, 15) is 4.79 Å². The number of aryl methyl sites for hydroxylation is 1. The number of hydrogen-bond acceptors (Lipinski definition) is 2. The van der Waals surface area contributed by atoms with Crippen molar-refractivity contribution in [1.29, 1.82) is 0 Å².